The average Bonchev–Trinajstić information content (AvgIpc) is 3.23. The Labute approximate surface area is 168 Å². The van der Waals surface area contributed by atoms with E-state index in [2.05, 4.69) is 15.6 Å². The maximum atomic E-state index is 12.1. The van der Waals surface area contributed by atoms with Crippen LogP contribution in [0.15, 0.2) is 47.0 Å². The third-order valence-electron chi connectivity index (χ3n) is 4.28. The maximum Gasteiger partial charge on any atom is 0.331 e. The minimum absolute atomic E-state index is 0.269. The molecule has 0 aliphatic carbocycles. The summed E-state index contributed by atoms with van der Waals surface area (Å²) < 4.78 is 11.9. The number of para-hydroxylation sites is 1. The smallest absolute Gasteiger partial charge is 0.331 e. The summed E-state index contributed by atoms with van der Waals surface area (Å²) >= 11 is 0. The van der Waals surface area contributed by atoms with Crippen molar-refractivity contribution in [2.75, 3.05) is 5.32 Å². The first-order valence-electron chi connectivity index (χ1n) is 9.09. The van der Waals surface area contributed by atoms with E-state index in [1.165, 1.54) is 13.0 Å². The lowest BCUT2D eigenvalue weighted by Gasteiger charge is -2.10. The standard InChI is InChI=1S/C21H22N4O4/c1-13-12-19(24-29-13)22-21(27)16(4)28-20(26)11-10-18-14(2)23-25(15(18)3)17-8-6-5-7-9-17/h5-12,16H,1-4H3,(H,22,24,27)/b11-10+/t16-/m1/s1. The number of aryl methyl sites for hydroxylation is 2. The van der Waals surface area contributed by atoms with Crippen LogP contribution in [0.25, 0.3) is 11.8 Å². The number of rotatable bonds is 6. The third-order valence-corrected chi connectivity index (χ3v) is 4.28. The summed E-state index contributed by atoms with van der Waals surface area (Å²) in [4.78, 5) is 24.2. The van der Waals surface area contributed by atoms with Gasteiger partial charge in [-0.25, -0.2) is 9.48 Å². The summed E-state index contributed by atoms with van der Waals surface area (Å²) in [6.45, 7) is 6.99. The summed E-state index contributed by atoms with van der Waals surface area (Å²) in [5.41, 5.74) is 3.43. The van der Waals surface area contributed by atoms with Crippen LogP contribution in [0.4, 0.5) is 5.82 Å². The molecule has 0 saturated carbocycles. The van der Waals surface area contributed by atoms with Crippen LogP contribution in [-0.2, 0) is 14.3 Å². The highest BCUT2D eigenvalue weighted by molar-refractivity contribution is 5.96. The van der Waals surface area contributed by atoms with Crippen molar-refractivity contribution in [3.63, 3.8) is 0 Å². The van der Waals surface area contributed by atoms with Crippen LogP contribution >= 0.6 is 0 Å². The Bertz CT molecular complexity index is 1050. The second kappa shape index (κ2) is 8.55. The molecule has 0 fully saturated rings. The van der Waals surface area contributed by atoms with Crippen molar-refractivity contribution in [1.29, 1.82) is 0 Å². The van der Waals surface area contributed by atoms with Crippen molar-refractivity contribution in [1.82, 2.24) is 14.9 Å². The summed E-state index contributed by atoms with van der Waals surface area (Å²) in [5, 5.41) is 10.7. The molecule has 29 heavy (non-hydrogen) atoms. The number of benzene rings is 1. The summed E-state index contributed by atoms with van der Waals surface area (Å²) in [5.74, 6) is -0.292. The van der Waals surface area contributed by atoms with Crippen LogP contribution in [0.1, 0.15) is 29.6 Å². The second-order valence-electron chi connectivity index (χ2n) is 6.56. The third kappa shape index (κ3) is 4.78. The van der Waals surface area contributed by atoms with Gasteiger partial charge in [0.05, 0.1) is 11.4 Å². The van der Waals surface area contributed by atoms with E-state index in [9.17, 15) is 9.59 Å². The van der Waals surface area contributed by atoms with E-state index < -0.39 is 18.0 Å². The van der Waals surface area contributed by atoms with Gasteiger partial charge in [0, 0.05) is 23.4 Å². The number of carbonyl (C=O) groups is 2. The van der Waals surface area contributed by atoms with Crippen LogP contribution in [0.3, 0.4) is 0 Å². The number of nitrogens with zero attached hydrogens (tertiary/aromatic N) is 3. The largest absolute Gasteiger partial charge is 0.449 e. The van der Waals surface area contributed by atoms with Crippen LogP contribution in [0.5, 0.6) is 0 Å². The van der Waals surface area contributed by atoms with Gasteiger partial charge in [-0.2, -0.15) is 5.10 Å². The molecule has 0 aliphatic rings. The lowest BCUT2D eigenvalue weighted by atomic mass is 10.2. The maximum absolute atomic E-state index is 12.1. The van der Waals surface area contributed by atoms with E-state index in [-0.39, 0.29) is 5.82 Å². The predicted octanol–water partition coefficient (Wildman–Crippen LogP) is 3.37. The Balaban J connectivity index is 1.64. The molecule has 3 aromatic rings. The number of aromatic nitrogens is 3. The van der Waals surface area contributed by atoms with Gasteiger partial charge in [-0.1, -0.05) is 23.4 Å². The first kappa shape index (κ1) is 20.1. The molecule has 8 heteroatoms. The van der Waals surface area contributed by atoms with Crippen LogP contribution < -0.4 is 5.32 Å². The molecular weight excluding hydrogens is 372 g/mol. The van der Waals surface area contributed by atoms with Gasteiger partial charge >= 0.3 is 5.97 Å². The molecule has 1 atom stereocenters. The molecule has 0 unspecified atom stereocenters. The number of esters is 1. The molecule has 0 bridgehead atoms. The van der Waals surface area contributed by atoms with Crippen LogP contribution in [-0.4, -0.2) is 32.9 Å². The van der Waals surface area contributed by atoms with Crippen molar-refractivity contribution in [2.24, 2.45) is 0 Å². The van der Waals surface area contributed by atoms with Gasteiger partial charge in [0.25, 0.3) is 5.91 Å². The first-order chi connectivity index (χ1) is 13.8. The van der Waals surface area contributed by atoms with E-state index in [1.807, 2.05) is 48.9 Å². The summed E-state index contributed by atoms with van der Waals surface area (Å²) in [6, 6.07) is 11.3. The Morgan fingerprint density at radius 2 is 1.93 bits per heavy atom. The fourth-order valence-corrected chi connectivity index (χ4v) is 2.79. The van der Waals surface area contributed by atoms with E-state index in [4.69, 9.17) is 9.26 Å². The topological polar surface area (TPSA) is 99.2 Å². The number of anilines is 1. The molecule has 1 amide bonds. The van der Waals surface area contributed by atoms with E-state index in [1.54, 1.807) is 19.1 Å². The zero-order chi connectivity index (χ0) is 21.0. The van der Waals surface area contributed by atoms with Crippen molar-refractivity contribution in [3.8, 4) is 5.69 Å². The normalized spacial score (nSPS) is 12.1. The number of hydrogen-bond donors (Lipinski definition) is 1. The zero-order valence-electron chi connectivity index (χ0n) is 16.7. The lowest BCUT2D eigenvalue weighted by molar-refractivity contribution is -0.148. The molecule has 2 aromatic heterocycles. The monoisotopic (exact) mass is 394 g/mol. The van der Waals surface area contributed by atoms with Gasteiger partial charge in [0.15, 0.2) is 11.9 Å². The molecule has 0 aliphatic heterocycles. The Kier molecular flexibility index (Phi) is 5.92. The number of carbonyl (C=O) groups excluding carboxylic acids is 2. The van der Waals surface area contributed by atoms with Crippen molar-refractivity contribution >= 4 is 23.8 Å². The average molecular weight is 394 g/mol. The second-order valence-corrected chi connectivity index (χ2v) is 6.56. The molecule has 1 aromatic carbocycles. The molecule has 150 valence electrons. The van der Waals surface area contributed by atoms with E-state index in [0.29, 0.717) is 5.76 Å². The van der Waals surface area contributed by atoms with Gasteiger partial charge in [-0.05, 0) is 45.9 Å². The molecule has 2 heterocycles. The highest BCUT2D eigenvalue weighted by Gasteiger charge is 2.18. The number of ether oxygens (including phenoxy) is 1. The fourth-order valence-electron chi connectivity index (χ4n) is 2.79. The highest BCUT2D eigenvalue weighted by atomic mass is 16.5. The Morgan fingerprint density at radius 3 is 2.59 bits per heavy atom. The van der Waals surface area contributed by atoms with Gasteiger partial charge < -0.3 is 14.6 Å². The molecule has 0 saturated heterocycles. The summed E-state index contributed by atoms with van der Waals surface area (Å²) in [7, 11) is 0. The van der Waals surface area contributed by atoms with Gasteiger partial charge in [-0.15, -0.1) is 0 Å². The number of nitrogens with one attached hydrogen (secondary N) is 1. The van der Waals surface area contributed by atoms with Gasteiger partial charge in [-0.3, -0.25) is 4.79 Å². The Morgan fingerprint density at radius 1 is 1.21 bits per heavy atom. The SMILES string of the molecule is Cc1cc(NC(=O)[C@@H](C)OC(=O)/C=C/c2c(C)nn(-c3ccccc3)c2C)no1. The fraction of sp³-hybridized carbons (Fsp3) is 0.238. The highest BCUT2D eigenvalue weighted by Crippen LogP contribution is 2.19. The predicted molar refractivity (Wildman–Crippen MR) is 107 cm³/mol. The van der Waals surface area contributed by atoms with E-state index in [0.717, 1.165) is 22.6 Å². The minimum atomic E-state index is -0.988. The van der Waals surface area contributed by atoms with Crippen molar-refractivity contribution in [3.05, 3.63) is 65.2 Å². The van der Waals surface area contributed by atoms with Gasteiger partial charge in [0.2, 0.25) is 0 Å². The number of hydrogen-bond acceptors (Lipinski definition) is 6. The number of amides is 1. The van der Waals surface area contributed by atoms with Crippen LogP contribution in [0.2, 0.25) is 0 Å². The Hall–Kier alpha value is -3.68. The van der Waals surface area contributed by atoms with Crippen LogP contribution in [0, 0.1) is 20.8 Å². The molecule has 0 spiro atoms. The van der Waals surface area contributed by atoms with Crippen molar-refractivity contribution in [2.45, 2.75) is 33.8 Å². The quantitative estimate of drug-likeness (QED) is 0.508. The van der Waals surface area contributed by atoms with Gasteiger partial charge in [0.1, 0.15) is 5.76 Å². The lowest BCUT2D eigenvalue weighted by Crippen LogP contribution is -2.29. The minimum Gasteiger partial charge on any atom is -0.449 e. The molecule has 8 nitrogen and oxygen atoms in total. The van der Waals surface area contributed by atoms with Crippen molar-refractivity contribution < 1.29 is 18.8 Å². The van der Waals surface area contributed by atoms with E-state index >= 15 is 0 Å². The first-order valence-corrected chi connectivity index (χ1v) is 9.09. The zero-order valence-corrected chi connectivity index (χ0v) is 16.7. The molecule has 3 rings (SSSR count). The summed E-state index contributed by atoms with van der Waals surface area (Å²) in [6.07, 6.45) is 1.94. The molecule has 1 N–H and O–H groups in total. The molecule has 0 radical (unpaired) electrons. The molecular formula is C21H22N4O4.